The largest absolute Gasteiger partial charge is 0.481 e. The predicted octanol–water partition coefficient (Wildman–Crippen LogP) is -1.22. The molecule has 3 N–H and O–H groups in total. The first-order valence-corrected chi connectivity index (χ1v) is 5.90. The van der Waals surface area contributed by atoms with Crippen molar-refractivity contribution in [3.8, 4) is 0 Å². The molecule has 0 aliphatic heterocycles. The zero-order valence-electron chi connectivity index (χ0n) is 9.94. The lowest BCUT2D eigenvalue weighted by atomic mass is 10.3. The number of ether oxygens (including phenoxy) is 3. The molecule has 0 radical (unpaired) electrons. The Hall–Kier alpha value is -0.473. The fourth-order valence-electron chi connectivity index (χ4n) is 0.962. The molecular weight excluding hydrogens is 218 g/mol. The van der Waals surface area contributed by atoms with Gasteiger partial charge in [-0.25, -0.2) is 0 Å². The van der Waals surface area contributed by atoms with Gasteiger partial charge < -0.3 is 19.3 Å². The second-order valence-electron chi connectivity index (χ2n) is 2.78. The summed E-state index contributed by atoms with van der Waals surface area (Å²) in [5.41, 5.74) is 5.71. The van der Waals surface area contributed by atoms with Crippen LogP contribution in [0.4, 0.5) is 0 Å². The third-order valence-corrected chi connectivity index (χ3v) is 2.48. The smallest absolute Gasteiger partial charge is 0.300 e. The lowest BCUT2D eigenvalue weighted by Crippen LogP contribution is -2.54. The van der Waals surface area contributed by atoms with Gasteiger partial charge in [-0.15, -0.1) is 0 Å². The Kier molecular flexibility index (Phi) is 9.94. The molecule has 0 aromatic heterocycles. The second-order valence-corrected chi connectivity index (χ2v) is 3.60. The van der Waals surface area contributed by atoms with E-state index in [1.54, 1.807) is 7.11 Å². The number of carboxylic acids is 1. The van der Waals surface area contributed by atoms with E-state index in [1.165, 1.54) is 14.2 Å². The molecular formula is C8H21NO5Si. The van der Waals surface area contributed by atoms with Gasteiger partial charge in [0.1, 0.15) is 6.10 Å². The van der Waals surface area contributed by atoms with Crippen LogP contribution in [0, 0.1) is 0 Å². The van der Waals surface area contributed by atoms with Crippen molar-refractivity contribution < 1.29 is 24.1 Å². The number of hydrogen-bond donors (Lipinski definition) is 2. The standard InChI is InChI=1S/C6H17NO3Si.C2H4O2/c1-8-5(4-11)6(7,9-2)10-3;1-2(3)4/h5H,4,7H2,1-3,11H3;1H3,(H,3,4). The van der Waals surface area contributed by atoms with Crippen molar-refractivity contribution in [3.63, 3.8) is 0 Å². The molecule has 0 aromatic rings. The average Bonchev–Trinajstić information content (AvgIpc) is 2.18. The van der Waals surface area contributed by atoms with E-state index in [2.05, 4.69) is 0 Å². The van der Waals surface area contributed by atoms with Crippen molar-refractivity contribution in [2.24, 2.45) is 5.73 Å². The van der Waals surface area contributed by atoms with Crippen LogP contribution in [0.1, 0.15) is 6.92 Å². The summed E-state index contributed by atoms with van der Waals surface area (Å²) >= 11 is 0. The van der Waals surface area contributed by atoms with Crippen molar-refractivity contribution in [1.82, 2.24) is 0 Å². The monoisotopic (exact) mass is 239 g/mol. The molecule has 0 aliphatic rings. The summed E-state index contributed by atoms with van der Waals surface area (Å²) < 4.78 is 15.1. The van der Waals surface area contributed by atoms with Crippen molar-refractivity contribution in [1.29, 1.82) is 0 Å². The molecule has 0 aliphatic carbocycles. The molecule has 0 fully saturated rings. The van der Waals surface area contributed by atoms with E-state index >= 15 is 0 Å². The highest BCUT2D eigenvalue weighted by atomic mass is 28.1. The highest BCUT2D eigenvalue weighted by Gasteiger charge is 2.34. The first-order chi connectivity index (χ1) is 6.87. The van der Waals surface area contributed by atoms with E-state index < -0.39 is 11.9 Å². The summed E-state index contributed by atoms with van der Waals surface area (Å²) in [4.78, 5) is 9.00. The zero-order valence-corrected chi connectivity index (χ0v) is 11.9. The van der Waals surface area contributed by atoms with Crippen LogP contribution < -0.4 is 5.73 Å². The van der Waals surface area contributed by atoms with Gasteiger partial charge >= 0.3 is 0 Å². The predicted molar refractivity (Wildman–Crippen MR) is 59.8 cm³/mol. The minimum Gasteiger partial charge on any atom is -0.481 e. The molecule has 1 unspecified atom stereocenters. The Morgan fingerprint density at radius 3 is 1.87 bits per heavy atom. The fraction of sp³-hybridized carbons (Fsp3) is 0.875. The minimum absolute atomic E-state index is 0.177. The summed E-state index contributed by atoms with van der Waals surface area (Å²) in [6.07, 6.45) is -0.177. The first-order valence-electron chi connectivity index (χ1n) is 4.49. The quantitative estimate of drug-likeness (QED) is 0.462. The third kappa shape index (κ3) is 7.46. The number of methoxy groups -OCH3 is 3. The molecule has 7 heteroatoms. The van der Waals surface area contributed by atoms with E-state index in [1.807, 2.05) is 0 Å². The molecule has 6 nitrogen and oxygen atoms in total. The average molecular weight is 239 g/mol. The summed E-state index contributed by atoms with van der Waals surface area (Å²) in [6, 6.07) is 0.884. The molecule has 0 spiro atoms. The Labute approximate surface area is 93.1 Å². The van der Waals surface area contributed by atoms with Crippen LogP contribution in [0.15, 0.2) is 0 Å². The maximum atomic E-state index is 9.00. The molecule has 0 saturated carbocycles. The second kappa shape index (κ2) is 8.80. The number of nitrogens with two attached hydrogens (primary N) is 1. The molecule has 0 rings (SSSR count). The van der Waals surface area contributed by atoms with Gasteiger partial charge in [-0.3, -0.25) is 10.5 Å². The minimum atomic E-state index is -1.09. The Morgan fingerprint density at radius 2 is 1.80 bits per heavy atom. The number of rotatable bonds is 5. The van der Waals surface area contributed by atoms with Gasteiger partial charge in [-0.2, -0.15) is 0 Å². The van der Waals surface area contributed by atoms with Gasteiger partial charge in [-0.1, -0.05) is 0 Å². The Balaban J connectivity index is 0. The summed E-state index contributed by atoms with van der Waals surface area (Å²) in [6.45, 7) is 1.08. The fourth-order valence-corrected chi connectivity index (χ4v) is 1.86. The third-order valence-electron chi connectivity index (χ3n) is 1.74. The van der Waals surface area contributed by atoms with E-state index in [0.29, 0.717) is 0 Å². The van der Waals surface area contributed by atoms with Crippen LogP contribution in [0.2, 0.25) is 6.04 Å². The van der Waals surface area contributed by atoms with Gasteiger partial charge in [0.25, 0.3) is 11.9 Å². The molecule has 92 valence electrons. The van der Waals surface area contributed by atoms with Gasteiger partial charge in [0, 0.05) is 38.5 Å². The van der Waals surface area contributed by atoms with Crippen LogP contribution in [0.5, 0.6) is 0 Å². The molecule has 0 saturated heterocycles. The number of hydrogen-bond acceptors (Lipinski definition) is 5. The van der Waals surface area contributed by atoms with Crippen LogP contribution in [-0.2, 0) is 19.0 Å². The molecule has 15 heavy (non-hydrogen) atoms. The van der Waals surface area contributed by atoms with Crippen LogP contribution in [0.3, 0.4) is 0 Å². The summed E-state index contributed by atoms with van der Waals surface area (Å²) in [5.74, 6) is -1.92. The van der Waals surface area contributed by atoms with E-state index in [9.17, 15) is 0 Å². The number of aliphatic carboxylic acids is 1. The number of carbonyl (C=O) groups is 1. The van der Waals surface area contributed by atoms with Crippen molar-refractivity contribution >= 4 is 16.2 Å². The summed E-state index contributed by atoms with van der Waals surface area (Å²) in [7, 11) is 5.62. The highest BCUT2D eigenvalue weighted by molar-refractivity contribution is 6.08. The lowest BCUT2D eigenvalue weighted by molar-refractivity contribution is -0.256. The molecule has 1 atom stereocenters. The normalized spacial score (nSPS) is 12.9. The molecule has 0 aromatic carbocycles. The number of carboxylic acid groups (broad SMARTS) is 1. The van der Waals surface area contributed by atoms with E-state index in [4.69, 9.17) is 29.8 Å². The van der Waals surface area contributed by atoms with Gasteiger partial charge in [0.05, 0.1) is 0 Å². The van der Waals surface area contributed by atoms with Crippen LogP contribution in [0.25, 0.3) is 0 Å². The summed E-state index contributed by atoms with van der Waals surface area (Å²) in [5, 5.41) is 7.42. The first kappa shape index (κ1) is 16.9. The maximum absolute atomic E-state index is 9.00. The van der Waals surface area contributed by atoms with Crippen molar-refractivity contribution in [2.45, 2.75) is 25.0 Å². The lowest BCUT2D eigenvalue weighted by Gasteiger charge is -2.32. The highest BCUT2D eigenvalue weighted by Crippen LogP contribution is 2.14. The Morgan fingerprint density at radius 1 is 1.47 bits per heavy atom. The zero-order chi connectivity index (χ0) is 12.5. The van der Waals surface area contributed by atoms with Crippen molar-refractivity contribution in [3.05, 3.63) is 0 Å². The maximum Gasteiger partial charge on any atom is 0.300 e. The van der Waals surface area contributed by atoms with E-state index in [0.717, 1.165) is 23.2 Å². The van der Waals surface area contributed by atoms with Gasteiger partial charge in [0.2, 0.25) is 0 Å². The van der Waals surface area contributed by atoms with Gasteiger partial charge in [-0.05, 0) is 6.04 Å². The van der Waals surface area contributed by atoms with E-state index in [-0.39, 0.29) is 6.10 Å². The van der Waals surface area contributed by atoms with Crippen molar-refractivity contribution in [2.75, 3.05) is 21.3 Å². The van der Waals surface area contributed by atoms with Crippen LogP contribution >= 0.6 is 0 Å². The Bertz CT molecular complexity index is 166. The topological polar surface area (TPSA) is 91.0 Å². The van der Waals surface area contributed by atoms with Gasteiger partial charge in [0.15, 0.2) is 0 Å². The SMILES string of the molecule is CC(=O)O.COC(C[SiH3])C(N)(OC)OC. The molecule has 0 bridgehead atoms. The molecule has 0 heterocycles. The van der Waals surface area contributed by atoms with Crippen LogP contribution in [-0.4, -0.2) is 54.7 Å². The molecule has 0 amide bonds.